The van der Waals surface area contributed by atoms with Crippen LogP contribution in [0.5, 0.6) is 5.75 Å². The van der Waals surface area contributed by atoms with Gasteiger partial charge in [0.05, 0.1) is 11.5 Å². The first kappa shape index (κ1) is 22.7. The molecule has 0 radical (unpaired) electrons. The van der Waals surface area contributed by atoms with E-state index in [4.69, 9.17) is 10.5 Å². The summed E-state index contributed by atoms with van der Waals surface area (Å²) in [6.07, 6.45) is 8.20. The monoisotopic (exact) mass is 358 g/mol. The van der Waals surface area contributed by atoms with Crippen LogP contribution in [0.1, 0.15) is 58.8 Å². The molecule has 2 unspecified atom stereocenters. The Labute approximate surface area is 151 Å². The molecule has 1 aromatic carbocycles. The predicted molar refractivity (Wildman–Crippen MR) is 101 cm³/mol. The lowest BCUT2D eigenvalue weighted by Crippen LogP contribution is -2.31. The van der Waals surface area contributed by atoms with Gasteiger partial charge in [-0.3, -0.25) is 10.1 Å². The van der Waals surface area contributed by atoms with Crippen molar-refractivity contribution < 1.29 is 9.66 Å². The third kappa shape index (κ3) is 8.50. The van der Waals surface area contributed by atoms with Gasteiger partial charge in [-0.05, 0) is 30.9 Å². The molecule has 0 saturated carbocycles. The Hall–Kier alpha value is -1.33. The van der Waals surface area contributed by atoms with Crippen molar-refractivity contribution in [3.8, 4) is 5.75 Å². The molecule has 138 valence electrons. The lowest BCUT2D eigenvalue weighted by atomic mass is 9.90. The minimum Gasteiger partial charge on any atom is -0.494 e. The van der Waals surface area contributed by atoms with E-state index in [2.05, 4.69) is 13.8 Å². The smallest absolute Gasteiger partial charge is 0.269 e. The van der Waals surface area contributed by atoms with Gasteiger partial charge in [0.1, 0.15) is 5.75 Å². The molecule has 0 aliphatic carbocycles. The summed E-state index contributed by atoms with van der Waals surface area (Å²) in [6, 6.07) is 6.33. The van der Waals surface area contributed by atoms with Gasteiger partial charge >= 0.3 is 0 Å². The average Bonchev–Trinajstić information content (AvgIpc) is 2.55. The van der Waals surface area contributed by atoms with Gasteiger partial charge < -0.3 is 10.5 Å². The molecule has 24 heavy (non-hydrogen) atoms. The molecule has 6 heteroatoms. The van der Waals surface area contributed by atoms with Gasteiger partial charge in [0.2, 0.25) is 0 Å². The summed E-state index contributed by atoms with van der Waals surface area (Å²) >= 11 is 0. The molecule has 0 fully saturated rings. The number of benzene rings is 1. The van der Waals surface area contributed by atoms with Crippen LogP contribution in [0.2, 0.25) is 0 Å². The maximum atomic E-state index is 10.6. The molecule has 0 aromatic heterocycles. The molecule has 0 bridgehead atoms. The molecule has 0 heterocycles. The minimum atomic E-state index is -0.413. The highest BCUT2D eigenvalue weighted by atomic mass is 35.5. The van der Waals surface area contributed by atoms with Gasteiger partial charge in [0.15, 0.2) is 0 Å². The molecular formula is C18H31ClN2O3. The number of nitrogens with zero attached hydrogens (tertiary/aromatic N) is 1. The van der Waals surface area contributed by atoms with Gasteiger partial charge in [0, 0.05) is 18.2 Å². The lowest BCUT2D eigenvalue weighted by molar-refractivity contribution is -0.384. The summed E-state index contributed by atoms with van der Waals surface area (Å²) in [6.45, 7) is 4.96. The fourth-order valence-corrected chi connectivity index (χ4v) is 2.77. The van der Waals surface area contributed by atoms with E-state index in [-0.39, 0.29) is 24.1 Å². The summed E-state index contributed by atoms with van der Waals surface area (Å²) in [4.78, 5) is 10.2. The highest BCUT2D eigenvalue weighted by Crippen LogP contribution is 2.20. The number of nitro benzene ring substituents is 1. The number of non-ortho nitro benzene ring substituents is 1. The molecule has 5 nitrogen and oxygen atoms in total. The molecule has 2 N–H and O–H groups in total. The van der Waals surface area contributed by atoms with Crippen molar-refractivity contribution in [3.63, 3.8) is 0 Å². The second kappa shape index (κ2) is 13.0. The Morgan fingerprint density at radius 3 is 2.33 bits per heavy atom. The Morgan fingerprint density at radius 1 is 1.12 bits per heavy atom. The second-order valence-corrected chi connectivity index (χ2v) is 6.07. The quantitative estimate of drug-likeness (QED) is 0.320. The molecule has 0 amide bonds. The van der Waals surface area contributed by atoms with Crippen LogP contribution < -0.4 is 10.5 Å². The molecule has 0 aliphatic rings. The molecule has 0 aliphatic heterocycles. The van der Waals surface area contributed by atoms with Crippen molar-refractivity contribution in [2.24, 2.45) is 11.7 Å². The first-order chi connectivity index (χ1) is 11.1. The van der Waals surface area contributed by atoms with Crippen molar-refractivity contribution in [1.82, 2.24) is 0 Å². The fraction of sp³-hybridized carbons (Fsp3) is 0.667. The normalized spacial score (nSPS) is 13.0. The van der Waals surface area contributed by atoms with E-state index in [1.165, 1.54) is 44.2 Å². The third-order valence-electron chi connectivity index (χ3n) is 4.33. The Kier molecular flexibility index (Phi) is 12.3. The third-order valence-corrected chi connectivity index (χ3v) is 4.33. The maximum absolute atomic E-state index is 10.6. The standard InChI is InChI=1S/C18H30N2O3.ClH/c1-3-5-6-7-8-15(4-2)18(19)13-14-23-17-11-9-16(10-12-17)20(21)22;/h9-12,15,18H,3-8,13-14,19H2,1-2H3;1H. The number of nitrogens with two attached hydrogens (primary N) is 1. The van der Waals surface area contributed by atoms with Crippen molar-refractivity contribution in [3.05, 3.63) is 34.4 Å². The zero-order valence-electron chi connectivity index (χ0n) is 14.8. The number of hydrogen-bond donors (Lipinski definition) is 1. The maximum Gasteiger partial charge on any atom is 0.269 e. The first-order valence-electron chi connectivity index (χ1n) is 8.71. The summed E-state index contributed by atoms with van der Waals surface area (Å²) in [7, 11) is 0. The van der Waals surface area contributed by atoms with E-state index in [0.29, 0.717) is 18.3 Å². The van der Waals surface area contributed by atoms with E-state index < -0.39 is 4.92 Å². The SMILES string of the molecule is CCCCCCC(CC)C(N)CCOc1ccc([N+](=O)[O-])cc1.Cl. The van der Waals surface area contributed by atoms with Crippen molar-refractivity contribution in [1.29, 1.82) is 0 Å². The molecule has 1 rings (SSSR count). The predicted octanol–water partition coefficient (Wildman–Crippen LogP) is 5.11. The number of rotatable bonds is 12. The van der Waals surface area contributed by atoms with Crippen LogP contribution in [0.25, 0.3) is 0 Å². The van der Waals surface area contributed by atoms with Crippen LogP contribution in [-0.4, -0.2) is 17.6 Å². The molecule has 2 atom stereocenters. The molecule has 0 spiro atoms. The van der Waals surface area contributed by atoms with Gasteiger partial charge in [-0.1, -0.05) is 46.0 Å². The zero-order chi connectivity index (χ0) is 17.1. The number of unbranched alkanes of at least 4 members (excludes halogenated alkanes) is 3. The number of nitro groups is 1. The highest BCUT2D eigenvalue weighted by molar-refractivity contribution is 5.85. The highest BCUT2D eigenvalue weighted by Gasteiger charge is 2.15. The summed E-state index contributed by atoms with van der Waals surface area (Å²) in [5.74, 6) is 1.20. The summed E-state index contributed by atoms with van der Waals surface area (Å²) in [5, 5.41) is 10.6. The van der Waals surface area contributed by atoms with Crippen molar-refractivity contribution >= 4 is 18.1 Å². The summed E-state index contributed by atoms with van der Waals surface area (Å²) < 4.78 is 5.65. The Bertz CT molecular complexity index is 454. The number of ether oxygens (including phenoxy) is 1. The molecule has 1 aromatic rings. The van der Waals surface area contributed by atoms with E-state index >= 15 is 0 Å². The fourth-order valence-electron chi connectivity index (χ4n) is 2.77. The van der Waals surface area contributed by atoms with Crippen LogP contribution in [0.4, 0.5) is 5.69 Å². The lowest BCUT2D eigenvalue weighted by Gasteiger charge is -2.22. The largest absolute Gasteiger partial charge is 0.494 e. The van der Waals surface area contributed by atoms with E-state index in [1.807, 2.05) is 0 Å². The Morgan fingerprint density at radius 2 is 1.79 bits per heavy atom. The van der Waals surface area contributed by atoms with Crippen molar-refractivity contribution in [2.75, 3.05) is 6.61 Å². The van der Waals surface area contributed by atoms with E-state index in [0.717, 1.165) is 12.8 Å². The van der Waals surface area contributed by atoms with Crippen LogP contribution in [0, 0.1) is 16.0 Å². The van der Waals surface area contributed by atoms with Gasteiger partial charge in [-0.25, -0.2) is 0 Å². The van der Waals surface area contributed by atoms with Gasteiger partial charge in [0.25, 0.3) is 5.69 Å². The summed E-state index contributed by atoms with van der Waals surface area (Å²) in [5.41, 5.74) is 6.38. The van der Waals surface area contributed by atoms with Crippen molar-refractivity contribution in [2.45, 2.75) is 64.8 Å². The van der Waals surface area contributed by atoms with Gasteiger partial charge in [-0.2, -0.15) is 0 Å². The average molecular weight is 359 g/mol. The molecular weight excluding hydrogens is 328 g/mol. The number of halogens is 1. The topological polar surface area (TPSA) is 78.4 Å². The van der Waals surface area contributed by atoms with Crippen LogP contribution in [0.3, 0.4) is 0 Å². The van der Waals surface area contributed by atoms with Gasteiger partial charge in [-0.15, -0.1) is 12.4 Å². The first-order valence-corrected chi connectivity index (χ1v) is 8.71. The van der Waals surface area contributed by atoms with Crippen LogP contribution in [-0.2, 0) is 0 Å². The second-order valence-electron chi connectivity index (χ2n) is 6.07. The molecule has 0 saturated heterocycles. The number of hydrogen-bond acceptors (Lipinski definition) is 4. The van der Waals surface area contributed by atoms with Crippen LogP contribution >= 0.6 is 12.4 Å². The van der Waals surface area contributed by atoms with Crippen LogP contribution in [0.15, 0.2) is 24.3 Å². The van der Waals surface area contributed by atoms with E-state index in [1.54, 1.807) is 12.1 Å². The minimum absolute atomic E-state index is 0. The van der Waals surface area contributed by atoms with E-state index in [9.17, 15) is 10.1 Å². The Balaban J connectivity index is 0.00000529. The zero-order valence-corrected chi connectivity index (χ0v) is 15.6.